The number of halogens is 2. The number of nitrogens with zero attached hydrogens (tertiary/aromatic N) is 2. The topological polar surface area (TPSA) is 76.0 Å². The van der Waals surface area contributed by atoms with Gasteiger partial charge in [0.05, 0.1) is 21.8 Å². The molecule has 2 amide bonds. The lowest BCUT2D eigenvalue weighted by Gasteiger charge is -2.17. The molecule has 2 aromatic carbocycles. The van der Waals surface area contributed by atoms with Crippen LogP contribution in [-0.4, -0.2) is 27.4 Å². The highest BCUT2D eigenvalue weighted by Gasteiger charge is 2.23. The number of carbonyl (C=O) groups is 2. The van der Waals surface area contributed by atoms with E-state index in [1.807, 2.05) is 38.1 Å². The number of hydrogen-bond donors (Lipinski definition) is 2. The van der Waals surface area contributed by atoms with Crippen molar-refractivity contribution in [3.05, 3.63) is 87.7 Å². The third-order valence-electron chi connectivity index (χ3n) is 5.10. The quantitative estimate of drug-likeness (QED) is 0.366. The van der Waals surface area contributed by atoms with Crippen LogP contribution in [0.3, 0.4) is 0 Å². The SMILES string of the molecule is Cc1cc(Cl)cc(C(=O)NC(C)C)c1NC(=O)c1cc2ccccc2n1-c1ncccc1Cl. The average molecular weight is 481 g/mol. The van der Waals surface area contributed by atoms with Gasteiger partial charge in [-0.3, -0.25) is 14.2 Å². The lowest BCUT2D eigenvalue weighted by Crippen LogP contribution is -2.31. The zero-order valence-electron chi connectivity index (χ0n) is 18.3. The van der Waals surface area contributed by atoms with Crippen LogP contribution in [0.1, 0.15) is 40.3 Å². The third kappa shape index (κ3) is 4.58. The van der Waals surface area contributed by atoms with Crippen LogP contribution in [0.2, 0.25) is 10.0 Å². The van der Waals surface area contributed by atoms with Crippen LogP contribution in [0.25, 0.3) is 16.7 Å². The Balaban J connectivity index is 1.83. The van der Waals surface area contributed by atoms with Crippen molar-refractivity contribution in [3.8, 4) is 5.82 Å². The molecule has 2 aromatic heterocycles. The Kier molecular flexibility index (Phi) is 6.40. The van der Waals surface area contributed by atoms with Gasteiger partial charge in [-0.1, -0.05) is 41.4 Å². The van der Waals surface area contributed by atoms with Crippen molar-refractivity contribution < 1.29 is 9.59 Å². The molecule has 0 aliphatic rings. The monoisotopic (exact) mass is 480 g/mol. The largest absolute Gasteiger partial charge is 0.350 e. The van der Waals surface area contributed by atoms with E-state index in [1.54, 1.807) is 48.0 Å². The molecule has 0 spiro atoms. The van der Waals surface area contributed by atoms with E-state index in [4.69, 9.17) is 23.2 Å². The first-order valence-electron chi connectivity index (χ1n) is 10.4. The molecule has 168 valence electrons. The van der Waals surface area contributed by atoms with Crippen molar-refractivity contribution in [2.75, 3.05) is 5.32 Å². The van der Waals surface area contributed by atoms with Crippen molar-refractivity contribution in [2.45, 2.75) is 26.8 Å². The van der Waals surface area contributed by atoms with Gasteiger partial charge in [0.2, 0.25) is 0 Å². The number of pyridine rings is 1. The van der Waals surface area contributed by atoms with Crippen molar-refractivity contribution in [1.29, 1.82) is 0 Å². The first-order chi connectivity index (χ1) is 15.8. The maximum absolute atomic E-state index is 13.6. The number of fused-ring (bicyclic) bond motifs is 1. The summed E-state index contributed by atoms with van der Waals surface area (Å²) in [6, 6.07) is 16.0. The van der Waals surface area contributed by atoms with Crippen LogP contribution >= 0.6 is 23.2 Å². The Hall–Kier alpha value is -3.35. The molecule has 0 aliphatic carbocycles. The fraction of sp³-hybridized carbons (Fsp3) is 0.160. The molecule has 0 bridgehead atoms. The molecule has 0 aliphatic heterocycles. The summed E-state index contributed by atoms with van der Waals surface area (Å²) < 4.78 is 1.71. The predicted molar refractivity (Wildman–Crippen MR) is 133 cm³/mol. The maximum Gasteiger partial charge on any atom is 0.272 e. The van der Waals surface area contributed by atoms with E-state index in [0.717, 1.165) is 10.9 Å². The van der Waals surface area contributed by atoms with Gasteiger partial charge in [0.15, 0.2) is 5.82 Å². The number of hydrogen-bond acceptors (Lipinski definition) is 3. The summed E-state index contributed by atoms with van der Waals surface area (Å²) in [5.74, 6) is -0.285. The lowest BCUT2D eigenvalue weighted by molar-refractivity contribution is 0.0944. The second-order valence-corrected chi connectivity index (χ2v) is 8.80. The van der Waals surface area contributed by atoms with Crippen LogP contribution < -0.4 is 10.6 Å². The summed E-state index contributed by atoms with van der Waals surface area (Å²) in [4.78, 5) is 30.8. The number of rotatable bonds is 5. The minimum atomic E-state index is -0.406. The van der Waals surface area contributed by atoms with Gasteiger partial charge >= 0.3 is 0 Å². The molecular formula is C25H22Cl2N4O2. The van der Waals surface area contributed by atoms with Crippen LogP contribution in [-0.2, 0) is 0 Å². The molecule has 2 N–H and O–H groups in total. The predicted octanol–water partition coefficient (Wildman–Crippen LogP) is 6.03. The number of amides is 2. The summed E-state index contributed by atoms with van der Waals surface area (Å²) in [5, 5.41) is 7.45. The van der Waals surface area contributed by atoms with Gasteiger partial charge in [0.25, 0.3) is 11.8 Å². The minimum Gasteiger partial charge on any atom is -0.350 e. The number of aromatic nitrogens is 2. The lowest BCUT2D eigenvalue weighted by atomic mass is 10.1. The second-order valence-electron chi connectivity index (χ2n) is 7.96. The van der Waals surface area contributed by atoms with Gasteiger partial charge in [-0.15, -0.1) is 0 Å². The first-order valence-corrected chi connectivity index (χ1v) is 11.2. The van der Waals surface area contributed by atoms with Crippen LogP contribution in [0.5, 0.6) is 0 Å². The zero-order chi connectivity index (χ0) is 23.7. The van der Waals surface area contributed by atoms with E-state index in [-0.39, 0.29) is 11.9 Å². The molecule has 2 heterocycles. The van der Waals surface area contributed by atoms with E-state index in [9.17, 15) is 9.59 Å². The van der Waals surface area contributed by atoms with Gasteiger partial charge in [0, 0.05) is 22.6 Å². The molecule has 33 heavy (non-hydrogen) atoms. The number of para-hydroxylation sites is 1. The minimum absolute atomic E-state index is 0.0748. The van der Waals surface area contributed by atoms with Gasteiger partial charge < -0.3 is 10.6 Å². The molecular weight excluding hydrogens is 459 g/mol. The summed E-state index contributed by atoms with van der Waals surface area (Å²) in [7, 11) is 0. The summed E-state index contributed by atoms with van der Waals surface area (Å²) in [6.45, 7) is 5.52. The summed E-state index contributed by atoms with van der Waals surface area (Å²) in [6.07, 6.45) is 1.62. The molecule has 0 saturated heterocycles. The smallest absolute Gasteiger partial charge is 0.272 e. The molecule has 0 atom stereocenters. The average Bonchev–Trinajstić information content (AvgIpc) is 3.14. The highest BCUT2D eigenvalue weighted by atomic mass is 35.5. The first kappa shape index (κ1) is 22.8. The molecule has 4 aromatic rings. The van der Waals surface area contributed by atoms with Gasteiger partial charge in [-0.25, -0.2) is 4.98 Å². The van der Waals surface area contributed by atoms with E-state index in [2.05, 4.69) is 15.6 Å². The Morgan fingerprint density at radius 1 is 1.00 bits per heavy atom. The molecule has 0 radical (unpaired) electrons. The van der Waals surface area contributed by atoms with Gasteiger partial charge in [0.1, 0.15) is 5.69 Å². The number of carbonyl (C=O) groups excluding carboxylic acids is 2. The molecule has 0 fully saturated rings. The van der Waals surface area contributed by atoms with Gasteiger partial charge in [-0.2, -0.15) is 0 Å². The van der Waals surface area contributed by atoms with Crippen molar-refractivity contribution in [3.63, 3.8) is 0 Å². The fourth-order valence-corrected chi connectivity index (χ4v) is 4.18. The zero-order valence-corrected chi connectivity index (χ0v) is 19.8. The second kappa shape index (κ2) is 9.25. The Labute approximate surface area is 201 Å². The number of nitrogens with one attached hydrogen (secondary N) is 2. The summed E-state index contributed by atoms with van der Waals surface area (Å²) >= 11 is 12.6. The van der Waals surface area contributed by atoms with E-state index in [0.29, 0.717) is 38.4 Å². The van der Waals surface area contributed by atoms with Crippen LogP contribution in [0.4, 0.5) is 5.69 Å². The van der Waals surface area contributed by atoms with Crippen molar-refractivity contribution in [1.82, 2.24) is 14.9 Å². The Morgan fingerprint density at radius 2 is 1.76 bits per heavy atom. The van der Waals surface area contributed by atoms with E-state index >= 15 is 0 Å². The normalized spacial score (nSPS) is 11.1. The highest BCUT2D eigenvalue weighted by molar-refractivity contribution is 6.32. The maximum atomic E-state index is 13.6. The number of aryl methyl sites for hydroxylation is 1. The number of benzene rings is 2. The van der Waals surface area contributed by atoms with E-state index in [1.165, 1.54) is 0 Å². The summed E-state index contributed by atoms with van der Waals surface area (Å²) in [5.41, 5.74) is 2.48. The van der Waals surface area contributed by atoms with E-state index < -0.39 is 5.91 Å². The molecule has 0 saturated carbocycles. The van der Waals surface area contributed by atoms with Gasteiger partial charge in [-0.05, 0) is 62.7 Å². The molecule has 4 rings (SSSR count). The molecule has 8 heteroatoms. The third-order valence-corrected chi connectivity index (χ3v) is 5.61. The van der Waals surface area contributed by atoms with Crippen LogP contribution in [0.15, 0.2) is 60.8 Å². The highest BCUT2D eigenvalue weighted by Crippen LogP contribution is 2.30. The fourth-order valence-electron chi connectivity index (χ4n) is 3.70. The Morgan fingerprint density at radius 3 is 2.48 bits per heavy atom. The van der Waals surface area contributed by atoms with Crippen molar-refractivity contribution in [2.24, 2.45) is 0 Å². The Bertz CT molecular complexity index is 1380. The van der Waals surface area contributed by atoms with Crippen molar-refractivity contribution >= 4 is 51.6 Å². The number of anilines is 1. The molecule has 6 nitrogen and oxygen atoms in total. The van der Waals surface area contributed by atoms with Crippen LogP contribution in [0, 0.1) is 6.92 Å². The molecule has 0 unspecified atom stereocenters. The standard InChI is InChI=1S/C25H22Cl2N4O2/c1-14(2)29-24(32)18-13-17(26)11-15(3)22(18)30-25(33)21-12-16-7-4-5-9-20(16)31(21)23-19(27)8-6-10-28-23/h4-14H,1-3H3,(H,29,32)(H,30,33).